The predicted octanol–water partition coefficient (Wildman–Crippen LogP) is 8.44. The van der Waals surface area contributed by atoms with Gasteiger partial charge in [0.15, 0.2) is 0 Å². The quantitative estimate of drug-likeness (QED) is 0.215. The molecule has 186 valence electrons. The van der Waals surface area contributed by atoms with Gasteiger partial charge in [-0.2, -0.15) is 0 Å². The minimum atomic E-state index is -2.58. The summed E-state index contributed by atoms with van der Waals surface area (Å²) < 4.78 is 17.5. The molecule has 0 saturated carbocycles. The van der Waals surface area contributed by atoms with Crippen LogP contribution in [0.5, 0.6) is 5.75 Å². The maximum Gasteiger partial charge on any atom is 0.404 e. The van der Waals surface area contributed by atoms with Gasteiger partial charge in [-0.3, -0.25) is 0 Å². The van der Waals surface area contributed by atoms with Crippen molar-refractivity contribution in [1.29, 1.82) is 0 Å². The maximum absolute atomic E-state index is 9.50. The molecule has 0 aromatic heterocycles. The van der Waals surface area contributed by atoms with Gasteiger partial charge in [-0.15, -0.1) is 0 Å². The Morgan fingerprint density at radius 1 is 0.844 bits per heavy atom. The van der Waals surface area contributed by atoms with Crippen molar-refractivity contribution >= 4 is 17.2 Å². The Balaban J connectivity index is 2.90. The fourth-order valence-corrected chi connectivity index (χ4v) is 4.99. The van der Waals surface area contributed by atoms with Crippen LogP contribution in [0.2, 0.25) is 0 Å². The largest absolute Gasteiger partial charge is 0.426 e. The van der Waals surface area contributed by atoms with Gasteiger partial charge in [-0.1, -0.05) is 105 Å². The smallest absolute Gasteiger partial charge is 0.404 e. The van der Waals surface area contributed by atoms with Crippen LogP contribution in [0.1, 0.15) is 111 Å². The summed E-state index contributed by atoms with van der Waals surface area (Å²) in [5, 5.41) is 0. The minimum absolute atomic E-state index is 0.151. The van der Waals surface area contributed by atoms with E-state index in [1.165, 1.54) is 31.2 Å². The van der Waals surface area contributed by atoms with Crippen molar-refractivity contribution in [2.75, 3.05) is 6.61 Å². The zero-order valence-corrected chi connectivity index (χ0v) is 23.5. The van der Waals surface area contributed by atoms with E-state index in [2.05, 4.69) is 74.4 Å². The maximum atomic E-state index is 9.50. The molecule has 7 heteroatoms. The first kappa shape index (κ1) is 29.8. The van der Waals surface area contributed by atoms with Crippen LogP contribution in [0.15, 0.2) is 12.1 Å². The molecule has 2 N–H and O–H groups in total. The van der Waals surface area contributed by atoms with Gasteiger partial charge < -0.3 is 18.8 Å². The van der Waals surface area contributed by atoms with Crippen molar-refractivity contribution in [3.05, 3.63) is 28.8 Å². The van der Waals surface area contributed by atoms with Gasteiger partial charge in [0.2, 0.25) is 0 Å². The first-order chi connectivity index (χ1) is 14.7. The van der Waals surface area contributed by atoms with Crippen LogP contribution in [0, 0.1) is 12.8 Å². The second-order valence-electron chi connectivity index (χ2n) is 11.1. The van der Waals surface area contributed by atoms with E-state index in [1.807, 2.05) is 0 Å². The molecule has 32 heavy (non-hydrogen) atoms. The fourth-order valence-electron chi connectivity index (χ4n) is 3.51. The number of aryl methyl sites for hydroxylation is 1. The lowest BCUT2D eigenvalue weighted by molar-refractivity contribution is 0.244. The van der Waals surface area contributed by atoms with Crippen LogP contribution >= 0.6 is 17.2 Å². The summed E-state index contributed by atoms with van der Waals surface area (Å²) in [4.78, 5) is 19.0. The number of rotatable bonds is 13. The molecule has 1 aromatic rings. The highest BCUT2D eigenvalue weighted by atomic mass is 31.2. The molecule has 0 aliphatic heterocycles. The SMILES string of the molecule is Cc1cc(C(C)(C)C)c(OP(OCCCCCCCC(C)C)OP(O)O)c(C(C)(C)C)c1. The zero-order chi connectivity index (χ0) is 24.5. The van der Waals surface area contributed by atoms with Crippen LogP contribution in [-0.4, -0.2) is 16.4 Å². The Labute approximate surface area is 199 Å². The normalized spacial score (nSPS) is 13.8. The van der Waals surface area contributed by atoms with E-state index in [0.29, 0.717) is 6.61 Å². The Morgan fingerprint density at radius 2 is 1.34 bits per heavy atom. The van der Waals surface area contributed by atoms with Gasteiger partial charge in [0.05, 0.1) is 6.61 Å². The summed E-state index contributed by atoms with van der Waals surface area (Å²) in [6.45, 7) is 20.0. The van der Waals surface area contributed by atoms with Crippen molar-refractivity contribution in [2.45, 2.75) is 112 Å². The second-order valence-corrected chi connectivity index (χ2v) is 13.2. The third-order valence-electron chi connectivity index (χ3n) is 5.28. The molecule has 1 unspecified atom stereocenters. The van der Waals surface area contributed by atoms with Gasteiger partial charge in [0.1, 0.15) is 5.75 Å². The molecule has 0 amide bonds. The van der Waals surface area contributed by atoms with Crippen LogP contribution in [-0.2, 0) is 19.7 Å². The summed E-state index contributed by atoms with van der Waals surface area (Å²) in [5.41, 5.74) is 2.99. The Hall–Kier alpha value is -0.280. The van der Waals surface area contributed by atoms with Gasteiger partial charge in [-0.05, 0) is 30.1 Å². The standard InChI is InChI=1S/C25H46O5P2/c1-19(2)15-13-11-10-12-14-16-28-32(30-31(26)27)29-23-21(24(4,5)6)17-20(3)18-22(23)25(7,8)9/h17-19,26-27H,10-16H2,1-9H3. The molecule has 1 rings (SSSR count). The number of hydrogen-bond donors (Lipinski definition) is 2. The van der Waals surface area contributed by atoms with Crippen molar-refractivity contribution in [3.63, 3.8) is 0 Å². The average molecular weight is 489 g/mol. The lowest BCUT2D eigenvalue weighted by atomic mass is 9.78. The number of hydrogen-bond acceptors (Lipinski definition) is 5. The first-order valence-electron chi connectivity index (χ1n) is 11.8. The lowest BCUT2D eigenvalue weighted by Gasteiger charge is -2.31. The van der Waals surface area contributed by atoms with E-state index in [9.17, 15) is 9.79 Å². The van der Waals surface area contributed by atoms with Crippen molar-refractivity contribution < 1.29 is 23.1 Å². The molecular weight excluding hydrogens is 442 g/mol. The highest BCUT2D eigenvalue weighted by Crippen LogP contribution is 2.54. The van der Waals surface area contributed by atoms with Gasteiger partial charge >= 0.3 is 17.2 Å². The van der Waals surface area contributed by atoms with Crippen molar-refractivity contribution in [2.24, 2.45) is 5.92 Å². The first-order valence-corrected chi connectivity index (χ1v) is 14.1. The predicted molar refractivity (Wildman–Crippen MR) is 137 cm³/mol. The third kappa shape index (κ3) is 11.2. The van der Waals surface area contributed by atoms with E-state index < -0.39 is 17.2 Å². The van der Waals surface area contributed by atoms with Crippen LogP contribution in [0.3, 0.4) is 0 Å². The minimum Gasteiger partial charge on any atom is -0.426 e. The molecule has 1 atom stereocenters. The fraction of sp³-hybridized carbons (Fsp3) is 0.760. The summed E-state index contributed by atoms with van der Waals surface area (Å²) in [7, 11) is -4.50. The number of benzene rings is 1. The zero-order valence-electron chi connectivity index (χ0n) is 21.7. The number of unbranched alkanes of at least 4 members (excludes halogenated alkanes) is 4. The van der Waals surface area contributed by atoms with Crippen LogP contribution < -0.4 is 4.52 Å². The Bertz CT molecular complexity index is 643. The highest BCUT2D eigenvalue weighted by molar-refractivity contribution is 7.54. The van der Waals surface area contributed by atoms with Gasteiger partial charge in [0.25, 0.3) is 0 Å². The van der Waals surface area contributed by atoms with E-state index in [4.69, 9.17) is 13.4 Å². The lowest BCUT2D eigenvalue weighted by Crippen LogP contribution is -2.19. The topological polar surface area (TPSA) is 68.2 Å². The molecule has 0 fully saturated rings. The van der Waals surface area contributed by atoms with Crippen molar-refractivity contribution in [1.82, 2.24) is 0 Å². The highest BCUT2D eigenvalue weighted by Gasteiger charge is 2.31. The molecule has 0 radical (unpaired) electrons. The third-order valence-corrected chi connectivity index (χ3v) is 7.12. The molecule has 0 aliphatic carbocycles. The molecule has 0 bridgehead atoms. The van der Waals surface area contributed by atoms with E-state index in [1.54, 1.807) is 0 Å². The van der Waals surface area contributed by atoms with E-state index >= 15 is 0 Å². The van der Waals surface area contributed by atoms with Gasteiger partial charge in [-0.25, -0.2) is 4.31 Å². The van der Waals surface area contributed by atoms with Gasteiger partial charge in [0, 0.05) is 11.1 Å². The molecule has 0 saturated heterocycles. The van der Waals surface area contributed by atoms with E-state index in [-0.39, 0.29) is 10.8 Å². The molecular formula is C25H46O5P2. The van der Waals surface area contributed by atoms with Crippen LogP contribution in [0.4, 0.5) is 0 Å². The van der Waals surface area contributed by atoms with Crippen molar-refractivity contribution in [3.8, 4) is 5.75 Å². The monoisotopic (exact) mass is 488 g/mol. The Kier molecular flexibility index (Phi) is 12.6. The molecule has 0 aliphatic rings. The molecule has 1 aromatic carbocycles. The summed E-state index contributed by atoms with van der Waals surface area (Å²) in [5.74, 6) is 1.49. The summed E-state index contributed by atoms with van der Waals surface area (Å²) in [6.07, 6.45) is 6.96. The average Bonchev–Trinajstić information content (AvgIpc) is 2.62. The van der Waals surface area contributed by atoms with Crippen LogP contribution in [0.25, 0.3) is 0 Å². The summed E-state index contributed by atoms with van der Waals surface area (Å²) >= 11 is 0. The summed E-state index contributed by atoms with van der Waals surface area (Å²) in [6, 6.07) is 4.27. The second kappa shape index (κ2) is 13.6. The molecule has 0 spiro atoms. The molecule has 0 heterocycles. The Morgan fingerprint density at radius 3 is 1.81 bits per heavy atom. The van der Waals surface area contributed by atoms with E-state index in [0.717, 1.165) is 35.6 Å². The molecule has 5 nitrogen and oxygen atoms in total.